The molecule has 0 fully saturated rings. The van der Waals surface area contributed by atoms with Gasteiger partial charge in [0.2, 0.25) is 0 Å². The van der Waals surface area contributed by atoms with Crippen LogP contribution in [0.2, 0.25) is 5.02 Å². The molecular weight excluding hydrogens is 374 g/mol. The minimum atomic E-state index is -3.78. The summed E-state index contributed by atoms with van der Waals surface area (Å²) in [7, 11) is -4.73. The van der Waals surface area contributed by atoms with Crippen molar-refractivity contribution in [1.82, 2.24) is 0 Å². The van der Waals surface area contributed by atoms with Gasteiger partial charge in [-0.05, 0) is 66.1 Å². The Kier molecular flexibility index (Phi) is 5.37. The molecule has 0 bridgehead atoms. The number of halogens is 1. The molecule has 0 heterocycles. The molecular formula is C19H16ClNO2S2. The lowest BCUT2D eigenvalue weighted by Crippen LogP contribution is -2.02. The summed E-state index contributed by atoms with van der Waals surface area (Å²) in [5.74, 6) is 0. The minimum absolute atomic E-state index is 0.195. The third kappa shape index (κ3) is 4.37. The van der Waals surface area contributed by atoms with Gasteiger partial charge in [-0.2, -0.15) is 8.42 Å². The maximum atomic E-state index is 12.8. The first-order chi connectivity index (χ1) is 12.0. The summed E-state index contributed by atoms with van der Waals surface area (Å²) in [6.07, 6.45) is 0. The number of rotatable bonds is 4. The lowest BCUT2D eigenvalue weighted by atomic mass is 10.2. The number of hydrogen-bond donors (Lipinski definition) is 0. The summed E-state index contributed by atoms with van der Waals surface area (Å²) in [4.78, 5) is 1.83. The van der Waals surface area contributed by atoms with E-state index in [2.05, 4.69) is 3.77 Å². The zero-order chi connectivity index (χ0) is 17.9. The summed E-state index contributed by atoms with van der Waals surface area (Å²) in [6.45, 7) is 1.91. The maximum Gasteiger partial charge on any atom is 0.288 e. The van der Waals surface area contributed by atoms with Crippen molar-refractivity contribution in [2.24, 2.45) is 3.77 Å². The minimum Gasteiger partial charge on any atom is -0.199 e. The number of nitrogens with zero attached hydrogens (tertiary/aromatic N) is 1. The first-order valence-corrected chi connectivity index (χ1v) is 10.6. The summed E-state index contributed by atoms with van der Waals surface area (Å²) >= 11 is 5.96. The highest BCUT2D eigenvalue weighted by atomic mass is 35.5. The van der Waals surface area contributed by atoms with Gasteiger partial charge in [0, 0.05) is 14.8 Å². The summed E-state index contributed by atoms with van der Waals surface area (Å²) in [6, 6.07) is 23.2. The summed E-state index contributed by atoms with van der Waals surface area (Å²) in [5, 5.41) is 0.599. The van der Waals surface area contributed by atoms with Crippen LogP contribution < -0.4 is 0 Å². The van der Waals surface area contributed by atoms with E-state index in [4.69, 9.17) is 11.6 Å². The van der Waals surface area contributed by atoms with Gasteiger partial charge >= 0.3 is 0 Å². The fourth-order valence-electron chi connectivity index (χ4n) is 2.19. The van der Waals surface area contributed by atoms with Crippen molar-refractivity contribution in [3.05, 3.63) is 89.4 Å². The normalized spacial score (nSPS) is 12.9. The van der Waals surface area contributed by atoms with Crippen molar-refractivity contribution in [3.8, 4) is 0 Å². The Balaban J connectivity index is 2.15. The Morgan fingerprint density at radius 3 is 1.96 bits per heavy atom. The smallest absolute Gasteiger partial charge is 0.199 e. The Bertz CT molecular complexity index is 998. The molecule has 0 radical (unpaired) electrons. The molecule has 1 atom stereocenters. The van der Waals surface area contributed by atoms with Crippen molar-refractivity contribution in [2.75, 3.05) is 0 Å². The van der Waals surface area contributed by atoms with E-state index in [0.29, 0.717) is 5.02 Å². The number of aryl methyl sites for hydroxylation is 1. The molecule has 3 aromatic carbocycles. The third-order valence-corrected chi connectivity index (χ3v) is 7.43. The number of sulfonamides is 1. The summed E-state index contributed by atoms with van der Waals surface area (Å²) < 4.78 is 29.8. The van der Waals surface area contributed by atoms with Gasteiger partial charge < -0.3 is 0 Å². The fraction of sp³-hybridized carbons (Fsp3) is 0.0526. The molecule has 0 N–H and O–H groups in total. The lowest BCUT2D eigenvalue weighted by Gasteiger charge is -2.09. The van der Waals surface area contributed by atoms with Crippen LogP contribution in [0.1, 0.15) is 5.56 Å². The first-order valence-electron chi connectivity index (χ1n) is 7.55. The zero-order valence-corrected chi connectivity index (χ0v) is 15.9. The SMILES string of the molecule is Cc1ccc(S(=O)(=O)N=S(c2ccccc2)c2ccc(Cl)cc2)cc1. The van der Waals surface area contributed by atoms with Crippen LogP contribution in [0.3, 0.4) is 0 Å². The molecule has 0 saturated carbocycles. The van der Waals surface area contributed by atoms with Crippen LogP contribution in [0.5, 0.6) is 0 Å². The molecule has 128 valence electrons. The number of hydrogen-bond acceptors (Lipinski definition) is 2. The van der Waals surface area contributed by atoms with Gasteiger partial charge in [0.1, 0.15) is 0 Å². The van der Waals surface area contributed by atoms with Gasteiger partial charge in [-0.3, -0.25) is 0 Å². The molecule has 6 heteroatoms. The monoisotopic (exact) mass is 389 g/mol. The molecule has 3 aromatic rings. The van der Waals surface area contributed by atoms with E-state index in [9.17, 15) is 8.42 Å². The van der Waals surface area contributed by atoms with E-state index < -0.39 is 20.7 Å². The Hall–Kier alpha value is -1.95. The van der Waals surface area contributed by atoms with Gasteiger partial charge in [0.05, 0.1) is 4.90 Å². The third-order valence-electron chi connectivity index (χ3n) is 3.49. The molecule has 0 aliphatic rings. The predicted molar refractivity (Wildman–Crippen MR) is 103 cm³/mol. The molecule has 0 amide bonds. The Labute approximate surface area is 155 Å². The maximum absolute atomic E-state index is 12.8. The highest BCUT2D eigenvalue weighted by molar-refractivity contribution is 8.00. The average Bonchev–Trinajstić information content (AvgIpc) is 2.62. The largest absolute Gasteiger partial charge is 0.288 e. The molecule has 0 spiro atoms. The average molecular weight is 390 g/mol. The molecule has 0 aliphatic heterocycles. The molecule has 3 nitrogen and oxygen atoms in total. The standard InChI is InChI=1S/C19H16ClNO2S2/c1-15-7-13-19(14-8-15)25(22,23)21-24(17-5-3-2-4-6-17)18-11-9-16(20)10-12-18/h2-14H,1H3. The molecule has 3 rings (SSSR count). The highest BCUT2D eigenvalue weighted by Crippen LogP contribution is 2.24. The lowest BCUT2D eigenvalue weighted by molar-refractivity contribution is 0.598. The molecule has 0 aromatic heterocycles. The van der Waals surface area contributed by atoms with E-state index in [-0.39, 0.29) is 4.90 Å². The van der Waals surface area contributed by atoms with Crippen LogP contribution in [0.25, 0.3) is 0 Å². The molecule has 0 saturated heterocycles. The zero-order valence-electron chi connectivity index (χ0n) is 13.5. The van der Waals surface area contributed by atoms with Crippen molar-refractivity contribution < 1.29 is 8.42 Å². The quantitative estimate of drug-likeness (QED) is 0.611. The van der Waals surface area contributed by atoms with Gasteiger partial charge in [-0.15, -0.1) is 3.77 Å². The van der Waals surface area contributed by atoms with Gasteiger partial charge in [-0.25, -0.2) is 0 Å². The second-order valence-corrected chi connectivity index (χ2v) is 9.38. The van der Waals surface area contributed by atoms with E-state index in [1.54, 1.807) is 36.4 Å². The van der Waals surface area contributed by atoms with Crippen molar-refractivity contribution >= 4 is 32.3 Å². The predicted octanol–water partition coefficient (Wildman–Crippen LogP) is 5.26. The van der Waals surface area contributed by atoms with Crippen LogP contribution in [0.15, 0.2) is 97.3 Å². The Morgan fingerprint density at radius 1 is 0.800 bits per heavy atom. The topological polar surface area (TPSA) is 46.5 Å². The van der Waals surface area contributed by atoms with Crippen molar-refractivity contribution in [2.45, 2.75) is 21.6 Å². The van der Waals surface area contributed by atoms with E-state index >= 15 is 0 Å². The van der Waals surface area contributed by atoms with Crippen LogP contribution in [0.4, 0.5) is 0 Å². The van der Waals surface area contributed by atoms with Gasteiger partial charge in [0.15, 0.2) is 0 Å². The van der Waals surface area contributed by atoms with Crippen molar-refractivity contribution in [1.29, 1.82) is 0 Å². The summed E-state index contributed by atoms with van der Waals surface area (Å²) in [5.41, 5.74) is 0.999. The van der Waals surface area contributed by atoms with Crippen LogP contribution in [-0.4, -0.2) is 8.42 Å². The van der Waals surface area contributed by atoms with Crippen LogP contribution in [0, 0.1) is 6.92 Å². The molecule has 1 unspecified atom stereocenters. The van der Waals surface area contributed by atoms with Crippen LogP contribution >= 0.6 is 11.6 Å². The van der Waals surface area contributed by atoms with Gasteiger partial charge in [-0.1, -0.05) is 47.5 Å². The number of benzene rings is 3. The van der Waals surface area contributed by atoms with E-state index in [0.717, 1.165) is 15.4 Å². The second-order valence-electron chi connectivity index (χ2n) is 5.41. The highest BCUT2D eigenvalue weighted by Gasteiger charge is 2.16. The van der Waals surface area contributed by atoms with E-state index in [1.165, 1.54) is 0 Å². The fourth-order valence-corrected chi connectivity index (χ4v) is 5.69. The van der Waals surface area contributed by atoms with E-state index in [1.807, 2.05) is 49.4 Å². The second kappa shape index (κ2) is 7.52. The first kappa shape index (κ1) is 17.9. The molecule has 0 aliphatic carbocycles. The Morgan fingerprint density at radius 2 is 1.36 bits per heavy atom. The van der Waals surface area contributed by atoms with Crippen molar-refractivity contribution in [3.63, 3.8) is 0 Å². The van der Waals surface area contributed by atoms with Gasteiger partial charge in [0.25, 0.3) is 10.0 Å². The van der Waals surface area contributed by atoms with Crippen LogP contribution in [-0.2, 0) is 20.7 Å². The molecule has 25 heavy (non-hydrogen) atoms.